The van der Waals surface area contributed by atoms with Crippen molar-refractivity contribution in [3.63, 3.8) is 0 Å². The normalized spacial score (nSPS) is 16.8. The van der Waals surface area contributed by atoms with E-state index in [0.717, 1.165) is 36.3 Å². The zero-order valence-electron chi connectivity index (χ0n) is 8.38. The molecule has 1 saturated heterocycles. The van der Waals surface area contributed by atoms with Gasteiger partial charge in [-0.1, -0.05) is 22.0 Å². The summed E-state index contributed by atoms with van der Waals surface area (Å²) < 4.78 is 6.41. The summed E-state index contributed by atoms with van der Waals surface area (Å²) in [5, 5.41) is 0. The van der Waals surface area contributed by atoms with Crippen LogP contribution in [0.3, 0.4) is 0 Å². The molecule has 0 spiro atoms. The first-order valence-corrected chi connectivity index (χ1v) is 6.31. The molecular formula is C11H13BrClNO. The molecule has 0 N–H and O–H groups in total. The van der Waals surface area contributed by atoms with E-state index < -0.39 is 0 Å². The summed E-state index contributed by atoms with van der Waals surface area (Å²) in [7, 11) is 0. The molecule has 1 aliphatic rings. The van der Waals surface area contributed by atoms with Crippen LogP contribution in [0.4, 0.5) is 5.69 Å². The molecule has 1 heterocycles. The molecule has 15 heavy (non-hydrogen) atoms. The van der Waals surface area contributed by atoms with Gasteiger partial charge in [0.1, 0.15) is 0 Å². The molecule has 0 aromatic heterocycles. The monoisotopic (exact) mass is 289 g/mol. The molecule has 4 heteroatoms. The predicted octanol–water partition coefficient (Wildman–Crippen LogP) is 3.02. The van der Waals surface area contributed by atoms with Crippen LogP contribution in [0.25, 0.3) is 0 Å². The minimum Gasteiger partial charge on any atom is -0.378 e. The first-order valence-electron chi connectivity index (χ1n) is 4.98. The van der Waals surface area contributed by atoms with E-state index in [2.05, 4.69) is 39.0 Å². The molecule has 0 aliphatic carbocycles. The number of nitrogens with zero attached hydrogens (tertiary/aromatic N) is 1. The maximum atomic E-state index is 5.81. The van der Waals surface area contributed by atoms with Gasteiger partial charge in [-0.3, -0.25) is 0 Å². The lowest BCUT2D eigenvalue weighted by atomic mass is 10.2. The van der Waals surface area contributed by atoms with E-state index in [1.54, 1.807) is 0 Å². The van der Waals surface area contributed by atoms with Crippen LogP contribution in [-0.2, 0) is 10.6 Å². The first kappa shape index (κ1) is 11.2. The van der Waals surface area contributed by atoms with Crippen molar-refractivity contribution in [3.8, 4) is 0 Å². The van der Waals surface area contributed by atoms with Gasteiger partial charge < -0.3 is 9.64 Å². The van der Waals surface area contributed by atoms with E-state index in [1.807, 2.05) is 0 Å². The van der Waals surface area contributed by atoms with Crippen LogP contribution in [-0.4, -0.2) is 26.3 Å². The van der Waals surface area contributed by atoms with Gasteiger partial charge >= 0.3 is 0 Å². The molecule has 1 aromatic rings. The van der Waals surface area contributed by atoms with Gasteiger partial charge in [-0.2, -0.15) is 0 Å². The molecule has 1 aliphatic heterocycles. The highest BCUT2D eigenvalue weighted by atomic mass is 79.9. The maximum absolute atomic E-state index is 5.81. The third kappa shape index (κ3) is 2.65. The van der Waals surface area contributed by atoms with Crippen molar-refractivity contribution >= 4 is 33.2 Å². The molecule has 0 atom stereocenters. The lowest BCUT2D eigenvalue weighted by Crippen LogP contribution is -2.36. The number of hydrogen-bond acceptors (Lipinski definition) is 2. The molecule has 1 aromatic carbocycles. The van der Waals surface area contributed by atoms with Crippen LogP contribution in [0.15, 0.2) is 22.7 Å². The number of benzene rings is 1. The van der Waals surface area contributed by atoms with E-state index in [0.29, 0.717) is 5.88 Å². The Balaban J connectivity index is 2.17. The number of hydrogen-bond donors (Lipinski definition) is 0. The Kier molecular flexibility index (Phi) is 3.89. The van der Waals surface area contributed by atoms with Crippen LogP contribution in [0.1, 0.15) is 5.56 Å². The minimum atomic E-state index is 0.546. The van der Waals surface area contributed by atoms with Crippen LogP contribution < -0.4 is 4.90 Å². The van der Waals surface area contributed by atoms with Crippen LogP contribution in [0, 0.1) is 0 Å². The van der Waals surface area contributed by atoms with E-state index in [9.17, 15) is 0 Å². The van der Waals surface area contributed by atoms with Gasteiger partial charge in [0.05, 0.1) is 13.2 Å². The lowest BCUT2D eigenvalue weighted by molar-refractivity contribution is 0.122. The molecular weight excluding hydrogens is 277 g/mol. The third-order valence-corrected chi connectivity index (χ3v) is 3.58. The van der Waals surface area contributed by atoms with E-state index >= 15 is 0 Å². The molecule has 0 saturated carbocycles. The lowest BCUT2D eigenvalue weighted by Gasteiger charge is -2.29. The van der Waals surface area contributed by atoms with Gasteiger partial charge in [0.25, 0.3) is 0 Å². The Morgan fingerprint density at radius 3 is 2.67 bits per heavy atom. The van der Waals surface area contributed by atoms with Crippen molar-refractivity contribution in [3.05, 3.63) is 28.2 Å². The van der Waals surface area contributed by atoms with Crippen molar-refractivity contribution in [1.82, 2.24) is 0 Å². The fraction of sp³-hybridized carbons (Fsp3) is 0.455. The highest BCUT2D eigenvalue weighted by Crippen LogP contribution is 2.25. The number of alkyl halides is 1. The summed E-state index contributed by atoms with van der Waals surface area (Å²) in [4.78, 5) is 2.33. The van der Waals surface area contributed by atoms with Crippen molar-refractivity contribution in [1.29, 1.82) is 0 Å². The van der Waals surface area contributed by atoms with Crippen LogP contribution >= 0.6 is 27.5 Å². The number of anilines is 1. The zero-order valence-corrected chi connectivity index (χ0v) is 10.7. The summed E-state index contributed by atoms with van der Waals surface area (Å²) in [5.74, 6) is 0.546. The molecule has 2 nitrogen and oxygen atoms in total. The largest absolute Gasteiger partial charge is 0.378 e. The highest BCUT2D eigenvalue weighted by Gasteiger charge is 2.11. The van der Waals surface area contributed by atoms with Gasteiger partial charge in [-0.25, -0.2) is 0 Å². The van der Waals surface area contributed by atoms with Crippen molar-refractivity contribution < 1.29 is 4.74 Å². The number of morpholine rings is 1. The quantitative estimate of drug-likeness (QED) is 0.776. The van der Waals surface area contributed by atoms with Gasteiger partial charge in [0.2, 0.25) is 0 Å². The molecule has 0 unspecified atom stereocenters. The summed E-state index contributed by atoms with van der Waals surface area (Å²) in [5.41, 5.74) is 2.37. The second-order valence-corrected chi connectivity index (χ2v) is 4.63. The van der Waals surface area contributed by atoms with Gasteiger partial charge in [-0.05, 0) is 17.7 Å². The van der Waals surface area contributed by atoms with Gasteiger partial charge in [-0.15, -0.1) is 11.6 Å². The summed E-state index contributed by atoms with van der Waals surface area (Å²) >= 11 is 9.34. The van der Waals surface area contributed by atoms with Crippen molar-refractivity contribution in [2.45, 2.75) is 5.88 Å². The molecule has 82 valence electrons. The molecule has 0 amide bonds. The Morgan fingerprint density at radius 1 is 1.33 bits per heavy atom. The molecule has 0 bridgehead atoms. The van der Waals surface area contributed by atoms with Gasteiger partial charge in [0, 0.05) is 29.1 Å². The van der Waals surface area contributed by atoms with Crippen molar-refractivity contribution in [2.24, 2.45) is 0 Å². The Hall–Kier alpha value is -0.250. The smallest absolute Gasteiger partial charge is 0.0642 e. The topological polar surface area (TPSA) is 12.5 Å². The SMILES string of the molecule is ClCc1ccc(N2CCOCC2)cc1Br. The summed E-state index contributed by atoms with van der Waals surface area (Å²) in [6.45, 7) is 3.56. The third-order valence-electron chi connectivity index (χ3n) is 2.56. The Labute approximate surface area is 103 Å². The van der Waals surface area contributed by atoms with E-state index in [-0.39, 0.29) is 0 Å². The average molecular weight is 291 g/mol. The molecule has 1 fully saturated rings. The second kappa shape index (κ2) is 5.19. The highest BCUT2D eigenvalue weighted by molar-refractivity contribution is 9.10. The Bertz CT molecular complexity index is 339. The summed E-state index contributed by atoms with van der Waals surface area (Å²) in [6.07, 6.45) is 0. The number of rotatable bonds is 2. The maximum Gasteiger partial charge on any atom is 0.0642 e. The van der Waals surface area contributed by atoms with E-state index in [4.69, 9.17) is 16.3 Å². The fourth-order valence-electron chi connectivity index (χ4n) is 1.66. The van der Waals surface area contributed by atoms with Crippen LogP contribution in [0.2, 0.25) is 0 Å². The standard InChI is InChI=1S/C11H13BrClNO/c12-11-7-10(2-1-9(11)8-13)14-3-5-15-6-4-14/h1-2,7H,3-6,8H2. The second-order valence-electron chi connectivity index (χ2n) is 3.51. The number of ether oxygens (including phenoxy) is 1. The molecule has 0 radical (unpaired) electrons. The Morgan fingerprint density at radius 2 is 2.07 bits per heavy atom. The zero-order chi connectivity index (χ0) is 10.7. The summed E-state index contributed by atoms with van der Waals surface area (Å²) in [6, 6.07) is 6.32. The van der Waals surface area contributed by atoms with Gasteiger partial charge in [0.15, 0.2) is 0 Å². The van der Waals surface area contributed by atoms with E-state index in [1.165, 1.54) is 5.69 Å². The average Bonchev–Trinajstić information content (AvgIpc) is 2.30. The number of halogens is 2. The minimum absolute atomic E-state index is 0.546. The van der Waals surface area contributed by atoms with Crippen molar-refractivity contribution in [2.75, 3.05) is 31.2 Å². The fourth-order valence-corrected chi connectivity index (χ4v) is 2.56. The first-order chi connectivity index (χ1) is 7.31. The predicted molar refractivity (Wildman–Crippen MR) is 66.7 cm³/mol. The van der Waals surface area contributed by atoms with Crippen LogP contribution in [0.5, 0.6) is 0 Å². The molecule has 2 rings (SSSR count).